The highest BCUT2D eigenvalue weighted by Gasteiger charge is 2.45. The second kappa shape index (κ2) is 8.87. The van der Waals surface area contributed by atoms with Crippen LogP contribution in [-0.2, 0) is 40.5 Å². The van der Waals surface area contributed by atoms with E-state index in [0.29, 0.717) is 11.8 Å². The number of fused-ring (bicyclic) bond motifs is 4. The van der Waals surface area contributed by atoms with Crippen LogP contribution in [0.15, 0.2) is 111 Å². The third kappa shape index (κ3) is 5.09. The molecule has 4 N–H and O–H groups in total. The summed E-state index contributed by atoms with van der Waals surface area (Å²) in [6.45, 7) is 0. The molecule has 0 aromatic heterocycles. The summed E-state index contributed by atoms with van der Waals surface area (Å²) in [4.78, 5) is 9.37. The Labute approximate surface area is 225 Å². The molecule has 0 saturated carbocycles. The molecule has 0 atom stereocenters. The van der Waals surface area contributed by atoms with Gasteiger partial charge in [-0.3, -0.25) is 18.2 Å². The first-order valence-electron chi connectivity index (χ1n) is 10.3. The van der Waals surface area contributed by atoms with Crippen molar-refractivity contribution in [3.8, 4) is 0 Å². The van der Waals surface area contributed by atoms with Gasteiger partial charge in [0.1, 0.15) is 31.0 Å². The first-order valence-corrected chi connectivity index (χ1v) is 16.1. The lowest BCUT2D eigenvalue weighted by Crippen LogP contribution is -2.21. The smallest absolute Gasteiger partial charge is 0.282 e. The van der Waals surface area contributed by atoms with Gasteiger partial charge in [0.25, 0.3) is 40.5 Å². The molecule has 0 aliphatic carbocycles. The molecule has 40 heavy (non-hydrogen) atoms. The Morgan fingerprint density at radius 1 is 0.475 bits per heavy atom. The lowest BCUT2D eigenvalue weighted by atomic mass is 10.2. The van der Waals surface area contributed by atoms with Crippen molar-refractivity contribution >= 4 is 63.3 Å². The molecule has 5 aliphatic heterocycles. The Kier molecular flexibility index (Phi) is 6.16. The van der Waals surface area contributed by atoms with Gasteiger partial charge in [0.05, 0.1) is 34.2 Å². The molecule has 0 aromatic rings. The second-order valence-corrected chi connectivity index (χ2v) is 13.6. The molecule has 0 fully saturated rings. The van der Waals surface area contributed by atoms with E-state index in [-0.39, 0.29) is 22.8 Å². The molecular formula is C20H12N4O12S4. The van der Waals surface area contributed by atoms with Gasteiger partial charge in [-0.1, -0.05) is 0 Å². The SMILES string of the molecule is O=S(=O)(O)C1=CC2=CC3=NC(=CC4=NC(=CC5=NC(=C(S(=O)(=O)O)C1=N2)C(S(=O)(=O)O)=C5S(=O)(=O)O)C=C4)C=C3. The lowest BCUT2D eigenvalue weighted by molar-refractivity contribution is 0.485. The minimum atomic E-state index is -5.80. The molecule has 8 bridgehead atoms. The van der Waals surface area contributed by atoms with E-state index in [1.807, 2.05) is 0 Å². The number of rotatable bonds is 4. The first-order chi connectivity index (χ1) is 18.3. The van der Waals surface area contributed by atoms with Crippen LogP contribution < -0.4 is 0 Å². The van der Waals surface area contributed by atoms with E-state index < -0.39 is 77.2 Å². The van der Waals surface area contributed by atoms with Crippen molar-refractivity contribution in [2.24, 2.45) is 20.0 Å². The van der Waals surface area contributed by atoms with Gasteiger partial charge in [0.2, 0.25) is 0 Å². The van der Waals surface area contributed by atoms with Gasteiger partial charge in [-0.25, -0.2) is 20.0 Å². The highest BCUT2D eigenvalue weighted by atomic mass is 32.2. The molecule has 20 heteroatoms. The Morgan fingerprint density at radius 3 is 1.48 bits per heavy atom. The average molecular weight is 629 g/mol. The van der Waals surface area contributed by atoms with E-state index >= 15 is 0 Å². The molecule has 0 aromatic carbocycles. The highest BCUT2D eigenvalue weighted by Crippen LogP contribution is 2.39. The van der Waals surface area contributed by atoms with E-state index in [4.69, 9.17) is 0 Å². The van der Waals surface area contributed by atoms with Crippen LogP contribution in [0.3, 0.4) is 0 Å². The van der Waals surface area contributed by atoms with E-state index in [9.17, 15) is 51.9 Å². The fourth-order valence-corrected chi connectivity index (χ4v) is 7.59. The Hall–Kier alpha value is -3.76. The normalized spacial score (nSPS) is 21.1. The number of nitrogens with zero attached hydrogens (tertiary/aromatic N) is 4. The first kappa shape index (κ1) is 27.8. The topological polar surface area (TPSA) is 267 Å². The van der Waals surface area contributed by atoms with Gasteiger partial charge in [0, 0.05) is 0 Å². The molecule has 208 valence electrons. The average Bonchev–Trinajstić information content (AvgIpc) is 3.53. The molecule has 0 spiro atoms. The van der Waals surface area contributed by atoms with E-state index in [1.165, 1.54) is 30.4 Å². The third-order valence-electron chi connectivity index (χ3n) is 5.36. The van der Waals surface area contributed by atoms with Crippen molar-refractivity contribution in [3.63, 3.8) is 0 Å². The van der Waals surface area contributed by atoms with E-state index in [0.717, 1.165) is 12.2 Å². The number of hydrogen-bond donors (Lipinski definition) is 4. The van der Waals surface area contributed by atoms with Gasteiger partial charge in [0.15, 0.2) is 0 Å². The molecule has 5 heterocycles. The number of aliphatic imine (C=N–C) groups is 4. The minimum Gasteiger partial charge on any atom is -0.282 e. The summed E-state index contributed by atoms with van der Waals surface area (Å²) in [5.41, 5.74) is -3.46. The predicted molar refractivity (Wildman–Crippen MR) is 141 cm³/mol. The summed E-state index contributed by atoms with van der Waals surface area (Å²) in [5, 5.41) is 0. The van der Waals surface area contributed by atoms with Crippen molar-refractivity contribution in [2.75, 3.05) is 0 Å². The van der Waals surface area contributed by atoms with Gasteiger partial charge < -0.3 is 0 Å². The number of hydrogen-bond acceptors (Lipinski definition) is 12. The van der Waals surface area contributed by atoms with Crippen molar-refractivity contribution in [1.82, 2.24) is 0 Å². The van der Waals surface area contributed by atoms with Crippen LogP contribution in [0.1, 0.15) is 0 Å². The van der Waals surface area contributed by atoms with Gasteiger partial charge in [-0.15, -0.1) is 0 Å². The van der Waals surface area contributed by atoms with Crippen LogP contribution in [0.4, 0.5) is 0 Å². The Morgan fingerprint density at radius 2 is 0.975 bits per heavy atom. The van der Waals surface area contributed by atoms with Crippen LogP contribution in [-0.4, -0.2) is 74.7 Å². The highest BCUT2D eigenvalue weighted by molar-refractivity contribution is 7.95. The Bertz CT molecular complexity index is 2160. The summed E-state index contributed by atoms with van der Waals surface area (Å²) in [5.74, 6) is 0. The van der Waals surface area contributed by atoms with Crippen molar-refractivity contribution in [2.45, 2.75) is 0 Å². The monoisotopic (exact) mass is 628 g/mol. The van der Waals surface area contributed by atoms with E-state index in [1.54, 1.807) is 0 Å². The minimum absolute atomic E-state index is 0.0896. The zero-order valence-corrected chi connectivity index (χ0v) is 22.4. The standard InChI is InChI=1S/C20H12N4O12S4/c25-37(26,27)15-8-13-6-11-2-1-9(21-11)5-10-3-4-12(22-10)7-14-18(38(28,29)30)20(40(34,35)36)17(24-14)19(16(15)23-13)39(31,32)33/h1-8H,(H,25,26,27)(H,28,29,30)(H,31,32,33)(H,34,35,36). The summed E-state index contributed by atoms with van der Waals surface area (Å²) in [7, 11) is -22.6. The van der Waals surface area contributed by atoms with Crippen LogP contribution in [0.25, 0.3) is 0 Å². The molecule has 0 saturated heterocycles. The Balaban J connectivity index is 2.01. The molecule has 16 nitrogen and oxygen atoms in total. The molecular weight excluding hydrogens is 617 g/mol. The third-order valence-corrected chi connectivity index (χ3v) is 9.11. The van der Waals surface area contributed by atoms with Crippen LogP contribution in [0.5, 0.6) is 0 Å². The van der Waals surface area contributed by atoms with Crippen molar-refractivity contribution in [3.05, 3.63) is 91.0 Å². The van der Waals surface area contributed by atoms with Crippen LogP contribution >= 0.6 is 0 Å². The second-order valence-electron chi connectivity index (χ2n) is 8.15. The maximum atomic E-state index is 12.6. The molecule has 5 rings (SSSR count). The van der Waals surface area contributed by atoms with Crippen LogP contribution in [0.2, 0.25) is 0 Å². The molecule has 5 aliphatic rings. The number of allylic oxidation sites excluding steroid dienone is 11. The fourth-order valence-electron chi connectivity index (χ4n) is 3.95. The zero-order chi connectivity index (χ0) is 29.4. The summed E-state index contributed by atoms with van der Waals surface area (Å²) in [6.07, 6.45) is 9.83. The largest absolute Gasteiger partial charge is 0.298 e. The maximum Gasteiger partial charge on any atom is 0.298 e. The molecule has 0 radical (unpaired) electrons. The van der Waals surface area contributed by atoms with Gasteiger partial charge in [-0.2, -0.15) is 33.7 Å². The zero-order valence-electron chi connectivity index (χ0n) is 19.1. The van der Waals surface area contributed by atoms with Crippen LogP contribution in [0, 0.1) is 0 Å². The quantitative estimate of drug-likeness (QED) is 0.309. The summed E-state index contributed by atoms with van der Waals surface area (Å²) in [6, 6.07) is 0. The van der Waals surface area contributed by atoms with E-state index in [2.05, 4.69) is 20.0 Å². The molecule has 0 amide bonds. The summed E-state index contributed by atoms with van der Waals surface area (Å²) >= 11 is 0. The lowest BCUT2D eigenvalue weighted by Gasteiger charge is -2.10. The predicted octanol–water partition coefficient (Wildman–Crippen LogP) is 0.441. The molecule has 0 unspecified atom stereocenters. The maximum absolute atomic E-state index is 12.6. The van der Waals surface area contributed by atoms with Crippen molar-refractivity contribution < 1.29 is 51.9 Å². The van der Waals surface area contributed by atoms with Gasteiger partial charge >= 0.3 is 0 Å². The van der Waals surface area contributed by atoms with Crippen molar-refractivity contribution in [1.29, 1.82) is 0 Å². The van der Waals surface area contributed by atoms with Gasteiger partial charge in [-0.05, 0) is 48.6 Å². The fraction of sp³-hybridized carbons (Fsp3) is 0. The summed E-state index contributed by atoms with van der Waals surface area (Å²) < 4.78 is 139.